The Morgan fingerprint density at radius 1 is 0.971 bits per heavy atom. The molecule has 3 heteroatoms. The fourth-order valence-corrected chi connectivity index (χ4v) is 9.88. The average molecular weight is 487 g/mol. The van der Waals surface area contributed by atoms with Crippen LogP contribution in [0.4, 0.5) is 0 Å². The normalized spacial score (nSPS) is 41.6. The molecule has 0 aromatic carbocycles. The second kappa shape index (κ2) is 10.9. The van der Waals surface area contributed by atoms with Gasteiger partial charge in [0.1, 0.15) is 0 Å². The Bertz CT molecular complexity index is 758. The summed E-state index contributed by atoms with van der Waals surface area (Å²) in [6.07, 6.45) is 16.5. The monoisotopic (exact) mass is 486 g/mol. The third kappa shape index (κ3) is 5.27. The van der Waals surface area contributed by atoms with Crippen molar-refractivity contribution >= 4 is 5.97 Å². The van der Waals surface area contributed by atoms with Crippen molar-refractivity contribution in [2.45, 2.75) is 112 Å². The fourth-order valence-electron chi connectivity index (χ4n) is 9.88. The minimum atomic E-state index is -0.426. The molecule has 0 saturated heterocycles. The molecular formula is C32H54O3. The molecule has 4 aliphatic carbocycles. The molecule has 0 radical (unpaired) electrons. The van der Waals surface area contributed by atoms with E-state index in [-0.39, 0.29) is 12.2 Å². The van der Waals surface area contributed by atoms with E-state index in [0.717, 1.165) is 41.4 Å². The molecule has 35 heavy (non-hydrogen) atoms. The number of fused-ring (bicyclic) bond motifs is 5. The van der Waals surface area contributed by atoms with E-state index in [0.29, 0.717) is 23.4 Å². The van der Waals surface area contributed by atoms with Gasteiger partial charge in [0.25, 0.3) is 0 Å². The van der Waals surface area contributed by atoms with E-state index in [1.807, 2.05) is 0 Å². The minimum absolute atomic E-state index is 0.167. The first-order valence-corrected chi connectivity index (χ1v) is 15.1. The van der Waals surface area contributed by atoms with E-state index in [4.69, 9.17) is 9.84 Å². The first-order chi connectivity index (χ1) is 16.6. The fraction of sp³-hybridized carbons (Fsp3) is 0.906. The smallest absolute Gasteiger partial charge is 0.335 e. The molecular weight excluding hydrogens is 432 g/mol. The second-order valence-corrected chi connectivity index (χ2v) is 14.2. The number of hydrogen-bond acceptors (Lipinski definition) is 3. The van der Waals surface area contributed by atoms with Crippen LogP contribution in [0.25, 0.3) is 0 Å². The molecule has 0 bridgehead atoms. The summed E-state index contributed by atoms with van der Waals surface area (Å²) in [5, 5.41) is 9.13. The van der Waals surface area contributed by atoms with Gasteiger partial charge in [-0.25, -0.2) is 4.79 Å². The number of ether oxygens (including phenoxy) is 1. The van der Waals surface area contributed by atoms with Gasteiger partial charge in [-0.1, -0.05) is 60.5 Å². The summed E-state index contributed by atoms with van der Waals surface area (Å²) in [7, 11) is 0. The summed E-state index contributed by atoms with van der Waals surface area (Å²) >= 11 is 0. The van der Waals surface area contributed by atoms with Crippen LogP contribution in [0.15, 0.2) is 12.2 Å². The highest BCUT2D eigenvalue weighted by atomic mass is 16.5. The van der Waals surface area contributed by atoms with Crippen molar-refractivity contribution in [2.24, 2.45) is 58.2 Å². The van der Waals surface area contributed by atoms with E-state index >= 15 is 0 Å². The minimum Gasteiger partial charge on any atom is -0.462 e. The zero-order valence-corrected chi connectivity index (χ0v) is 23.5. The maximum absolute atomic E-state index is 12.0. The van der Waals surface area contributed by atoms with Crippen molar-refractivity contribution in [2.75, 3.05) is 13.2 Å². The van der Waals surface area contributed by atoms with Gasteiger partial charge in [-0.05, 0) is 116 Å². The highest BCUT2D eigenvalue weighted by Crippen LogP contribution is 2.68. The van der Waals surface area contributed by atoms with Crippen LogP contribution >= 0.6 is 0 Å². The average Bonchev–Trinajstić information content (AvgIpc) is 3.18. The van der Waals surface area contributed by atoms with Crippen LogP contribution in [0.3, 0.4) is 0 Å². The summed E-state index contributed by atoms with van der Waals surface area (Å²) < 4.78 is 5.50. The topological polar surface area (TPSA) is 46.5 Å². The van der Waals surface area contributed by atoms with Gasteiger partial charge in [0.05, 0.1) is 18.8 Å². The van der Waals surface area contributed by atoms with E-state index in [1.165, 1.54) is 77.0 Å². The highest BCUT2D eigenvalue weighted by Gasteiger charge is 2.60. The number of esters is 1. The summed E-state index contributed by atoms with van der Waals surface area (Å²) in [6.45, 7) is 16.4. The quantitative estimate of drug-likeness (QED) is 0.267. The zero-order valence-electron chi connectivity index (χ0n) is 23.5. The Morgan fingerprint density at radius 2 is 1.69 bits per heavy atom. The maximum Gasteiger partial charge on any atom is 0.335 e. The van der Waals surface area contributed by atoms with Gasteiger partial charge in [-0.2, -0.15) is 0 Å². The van der Waals surface area contributed by atoms with E-state index in [9.17, 15) is 4.79 Å². The molecule has 4 aliphatic rings. The lowest BCUT2D eigenvalue weighted by Gasteiger charge is -2.61. The standard InChI is InChI=1S/C32H54O3/c1-21(2)8-7-9-22(3)27-12-13-28-26-11-10-25-18-24(20-35-30(34)23(4)19-33)14-16-31(25,5)29(26)15-17-32(27,28)6/h21-22,24-29,33H,4,7-20H2,1-3,5-6H3/t22-,24+,25?,26+,27-,28+,29?,31+,32-/m1/s1. The van der Waals surface area contributed by atoms with Gasteiger partial charge < -0.3 is 9.84 Å². The van der Waals surface area contributed by atoms with E-state index in [1.54, 1.807) is 0 Å². The Hall–Kier alpha value is -0.830. The maximum atomic E-state index is 12.0. The molecule has 4 rings (SSSR count). The van der Waals surface area contributed by atoms with Crippen molar-refractivity contribution in [3.05, 3.63) is 12.2 Å². The molecule has 200 valence electrons. The molecule has 3 nitrogen and oxygen atoms in total. The Labute approximate surface area is 215 Å². The molecule has 0 aliphatic heterocycles. The van der Waals surface area contributed by atoms with Gasteiger partial charge >= 0.3 is 5.97 Å². The molecule has 0 heterocycles. The second-order valence-electron chi connectivity index (χ2n) is 14.2. The summed E-state index contributed by atoms with van der Waals surface area (Å²) in [4.78, 5) is 12.0. The van der Waals surface area contributed by atoms with Crippen molar-refractivity contribution in [1.82, 2.24) is 0 Å². The largest absolute Gasteiger partial charge is 0.462 e. The Morgan fingerprint density at radius 3 is 2.40 bits per heavy atom. The number of carbonyl (C=O) groups is 1. The van der Waals surface area contributed by atoms with Gasteiger partial charge in [-0.3, -0.25) is 0 Å². The van der Waals surface area contributed by atoms with Crippen LogP contribution in [-0.2, 0) is 9.53 Å². The number of rotatable bonds is 9. The summed E-state index contributed by atoms with van der Waals surface area (Å²) in [5.74, 6) is 6.25. The lowest BCUT2D eigenvalue weighted by molar-refractivity contribution is -0.145. The van der Waals surface area contributed by atoms with Gasteiger partial charge in [0.2, 0.25) is 0 Å². The predicted octanol–water partition coefficient (Wildman–Crippen LogP) is 7.82. The van der Waals surface area contributed by atoms with Crippen LogP contribution in [0.1, 0.15) is 112 Å². The molecule has 9 atom stereocenters. The van der Waals surface area contributed by atoms with Gasteiger partial charge in [-0.15, -0.1) is 0 Å². The van der Waals surface area contributed by atoms with Crippen LogP contribution in [0, 0.1) is 58.2 Å². The zero-order chi connectivity index (χ0) is 25.4. The summed E-state index contributed by atoms with van der Waals surface area (Å²) in [5.41, 5.74) is 1.21. The lowest BCUT2D eigenvalue weighted by atomic mass is 9.44. The van der Waals surface area contributed by atoms with Crippen LogP contribution in [0.5, 0.6) is 0 Å². The molecule has 2 unspecified atom stereocenters. The number of aliphatic hydroxyl groups is 1. The molecule has 0 aromatic rings. The third-order valence-electron chi connectivity index (χ3n) is 11.9. The molecule has 1 N–H and O–H groups in total. The lowest BCUT2D eigenvalue weighted by Crippen LogP contribution is -2.54. The molecule has 0 spiro atoms. The first kappa shape index (κ1) is 27.2. The SMILES string of the molecule is C=C(CO)C(=O)OC[C@H]1CC[C@@]2(C)C(CC[C@@H]3C2CC[C@]2(C)[C@@H]([C@H](C)CCCC(C)C)CC[C@@H]32)C1. The Balaban J connectivity index is 1.37. The van der Waals surface area contributed by atoms with Crippen LogP contribution < -0.4 is 0 Å². The predicted molar refractivity (Wildman–Crippen MR) is 144 cm³/mol. The first-order valence-electron chi connectivity index (χ1n) is 15.1. The molecule has 0 aromatic heterocycles. The third-order valence-corrected chi connectivity index (χ3v) is 11.9. The van der Waals surface area contributed by atoms with Gasteiger partial charge in [0.15, 0.2) is 0 Å². The van der Waals surface area contributed by atoms with Crippen molar-refractivity contribution < 1.29 is 14.6 Å². The number of aliphatic hydroxyl groups excluding tert-OH is 1. The van der Waals surface area contributed by atoms with E-state index in [2.05, 4.69) is 41.2 Å². The molecule has 4 saturated carbocycles. The Kier molecular flexibility index (Phi) is 8.46. The number of carbonyl (C=O) groups excluding carboxylic acids is 1. The molecule has 4 fully saturated rings. The van der Waals surface area contributed by atoms with Gasteiger partial charge in [0, 0.05) is 0 Å². The summed E-state index contributed by atoms with van der Waals surface area (Å²) in [6, 6.07) is 0. The van der Waals surface area contributed by atoms with Crippen molar-refractivity contribution in [3.63, 3.8) is 0 Å². The molecule has 0 amide bonds. The van der Waals surface area contributed by atoms with Crippen molar-refractivity contribution in [1.29, 1.82) is 0 Å². The number of hydrogen-bond donors (Lipinski definition) is 1. The van der Waals surface area contributed by atoms with Crippen molar-refractivity contribution in [3.8, 4) is 0 Å². The van der Waals surface area contributed by atoms with Crippen LogP contribution in [0.2, 0.25) is 0 Å². The van der Waals surface area contributed by atoms with Crippen LogP contribution in [-0.4, -0.2) is 24.3 Å². The van der Waals surface area contributed by atoms with E-state index < -0.39 is 5.97 Å². The highest BCUT2D eigenvalue weighted by molar-refractivity contribution is 5.87.